The summed E-state index contributed by atoms with van der Waals surface area (Å²) in [6.07, 6.45) is 0. The summed E-state index contributed by atoms with van der Waals surface area (Å²) in [6.45, 7) is 6.22. The number of benzene rings is 1. The van der Waals surface area contributed by atoms with Crippen molar-refractivity contribution in [3.8, 4) is 11.3 Å². The highest BCUT2D eigenvalue weighted by molar-refractivity contribution is 7.14. The first-order valence-corrected chi connectivity index (χ1v) is 8.34. The van der Waals surface area contributed by atoms with Crippen LogP contribution in [0.15, 0.2) is 29.6 Å². The maximum atomic E-state index is 12.1. The van der Waals surface area contributed by atoms with Gasteiger partial charge in [0.25, 0.3) is 0 Å². The third-order valence-corrected chi connectivity index (χ3v) is 4.43. The Morgan fingerprint density at radius 2 is 2.05 bits per heavy atom. The van der Waals surface area contributed by atoms with E-state index in [0.717, 1.165) is 37.4 Å². The standard InChI is InChI=1S/C16H20N4OS/c1-12-2-4-13(5-3-12)14-11-22-16(18-14)19-15(21)10-20-8-6-17-7-9-20/h2-5,11,17H,6-10H2,1H3,(H,18,19,21). The van der Waals surface area contributed by atoms with Gasteiger partial charge < -0.3 is 10.6 Å². The largest absolute Gasteiger partial charge is 0.314 e. The second-order valence-electron chi connectivity index (χ2n) is 5.48. The highest BCUT2D eigenvalue weighted by Gasteiger charge is 2.14. The minimum atomic E-state index is 0.00621. The normalized spacial score (nSPS) is 15.7. The number of piperazine rings is 1. The number of nitrogens with zero attached hydrogens (tertiary/aromatic N) is 2. The molecule has 5 nitrogen and oxygen atoms in total. The quantitative estimate of drug-likeness (QED) is 0.905. The van der Waals surface area contributed by atoms with Crippen molar-refractivity contribution in [3.05, 3.63) is 35.2 Å². The molecule has 3 rings (SSSR count). The van der Waals surface area contributed by atoms with E-state index in [-0.39, 0.29) is 5.91 Å². The lowest BCUT2D eigenvalue weighted by Gasteiger charge is -2.26. The Morgan fingerprint density at radius 1 is 1.32 bits per heavy atom. The number of aromatic nitrogens is 1. The van der Waals surface area contributed by atoms with Crippen molar-refractivity contribution in [2.24, 2.45) is 0 Å². The first-order chi connectivity index (χ1) is 10.7. The molecule has 0 atom stereocenters. The average molecular weight is 316 g/mol. The minimum absolute atomic E-state index is 0.00621. The van der Waals surface area contributed by atoms with Crippen LogP contribution < -0.4 is 10.6 Å². The molecule has 1 fully saturated rings. The van der Waals surface area contributed by atoms with E-state index < -0.39 is 0 Å². The molecule has 1 aromatic heterocycles. The highest BCUT2D eigenvalue weighted by atomic mass is 32.1. The Bertz CT molecular complexity index is 632. The highest BCUT2D eigenvalue weighted by Crippen LogP contribution is 2.25. The fourth-order valence-corrected chi connectivity index (χ4v) is 3.16. The monoisotopic (exact) mass is 316 g/mol. The van der Waals surface area contributed by atoms with Gasteiger partial charge in [-0.25, -0.2) is 4.98 Å². The number of amides is 1. The lowest BCUT2D eigenvalue weighted by atomic mass is 10.1. The van der Waals surface area contributed by atoms with Crippen molar-refractivity contribution in [3.63, 3.8) is 0 Å². The van der Waals surface area contributed by atoms with Crippen molar-refractivity contribution in [1.29, 1.82) is 0 Å². The Labute approximate surface area is 134 Å². The predicted molar refractivity (Wildman–Crippen MR) is 90.2 cm³/mol. The Kier molecular flexibility index (Phi) is 4.82. The van der Waals surface area contributed by atoms with Crippen LogP contribution in [0, 0.1) is 6.92 Å². The smallest absolute Gasteiger partial charge is 0.240 e. The third kappa shape index (κ3) is 3.91. The fraction of sp³-hybridized carbons (Fsp3) is 0.375. The number of nitrogens with one attached hydrogen (secondary N) is 2. The number of hydrogen-bond donors (Lipinski definition) is 2. The number of carbonyl (C=O) groups is 1. The molecule has 1 aliphatic heterocycles. The van der Waals surface area contributed by atoms with Gasteiger partial charge in [0.05, 0.1) is 12.2 Å². The molecular weight excluding hydrogens is 296 g/mol. The summed E-state index contributed by atoms with van der Waals surface area (Å²) >= 11 is 1.47. The molecule has 6 heteroatoms. The van der Waals surface area contributed by atoms with Crippen LogP contribution in [0.3, 0.4) is 0 Å². The molecule has 1 amide bonds. The van der Waals surface area contributed by atoms with E-state index in [1.807, 2.05) is 5.38 Å². The van der Waals surface area contributed by atoms with Crippen LogP contribution in [0.2, 0.25) is 0 Å². The zero-order valence-corrected chi connectivity index (χ0v) is 13.4. The van der Waals surface area contributed by atoms with Crippen molar-refractivity contribution in [2.45, 2.75) is 6.92 Å². The summed E-state index contributed by atoms with van der Waals surface area (Å²) in [7, 11) is 0. The molecule has 0 saturated carbocycles. The van der Waals surface area contributed by atoms with Gasteiger partial charge in [-0.1, -0.05) is 29.8 Å². The van der Waals surface area contributed by atoms with Crippen LogP contribution in [0.25, 0.3) is 11.3 Å². The summed E-state index contributed by atoms with van der Waals surface area (Å²) in [5, 5.41) is 8.82. The molecule has 1 aromatic carbocycles. The summed E-state index contributed by atoms with van der Waals surface area (Å²) in [4.78, 5) is 18.7. The van der Waals surface area contributed by atoms with Gasteiger partial charge in [-0.15, -0.1) is 11.3 Å². The van der Waals surface area contributed by atoms with Crippen molar-refractivity contribution in [1.82, 2.24) is 15.2 Å². The SMILES string of the molecule is Cc1ccc(-c2csc(NC(=O)CN3CCNCC3)n2)cc1. The molecule has 0 bridgehead atoms. The van der Waals surface area contributed by atoms with Crippen molar-refractivity contribution in [2.75, 3.05) is 38.0 Å². The maximum Gasteiger partial charge on any atom is 0.240 e. The van der Waals surface area contributed by atoms with Crippen LogP contribution in [0.1, 0.15) is 5.56 Å². The molecule has 0 radical (unpaired) electrons. The van der Waals surface area contributed by atoms with Crippen molar-refractivity contribution < 1.29 is 4.79 Å². The fourth-order valence-electron chi connectivity index (χ4n) is 2.42. The van der Waals surface area contributed by atoms with Crippen LogP contribution in [-0.2, 0) is 4.79 Å². The van der Waals surface area contributed by atoms with E-state index >= 15 is 0 Å². The van der Waals surface area contributed by atoms with E-state index in [1.54, 1.807) is 0 Å². The van der Waals surface area contributed by atoms with E-state index in [4.69, 9.17) is 0 Å². The second-order valence-corrected chi connectivity index (χ2v) is 6.34. The number of aryl methyl sites for hydroxylation is 1. The molecular formula is C16H20N4OS. The molecule has 1 saturated heterocycles. The second kappa shape index (κ2) is 7.00. The predicted octanol–water partition coefficient (Wildman–Crippen LogP) is 1.96. The van der Waals surface area contributed by atoms with Gasteiger partial charge in [-0.05, 0) is 6.92 Å². The molecule has 116 valence electrons. The summed E-state index contributed by atoms with van der Waals surface area (Å²) in [6, 6.07) is 8.24. The molecule has 0 unspecified atom stereocenters. The third-order valence-electron chi connectivity index (χ3n) is 3.67. The first-order valence-electron chi connectivity index (χ1n) is 7.46. The summed E-state index contributed by atoms with van der Waals surface area (Å²) in [5.74, 6) is 0.00621. The number of carbonyl (C=O) groups excluding carboxylic acids is 1. The molecule has 2 aromatic rings. The Balaban J connectivity index is 1.59. The number of rotatable bonds is 4. The number of thiazole rings is 1. The van der Waals surface area contributed by atoms with Crippen molar-refractivity contribution >= 4 is 22.4 Å². The first kappa shape index (κ1) is 15.1. The molecule has 22 heavy (non-hydrogen) atoms. The zero-order valence-electron chi connectivity index (χ0n) is 12.6. The maximum absolute atomic E-state index is 12.1. The lowest BCUT2D eigenvalue weighted by Crippen LogP contribution is -2.46. The summed E-state index contributed by atoms with van der Waals surface area (Å²) < 4.78 is 0. The van der Waals surface area contributed by atoms with E-state index in [9.17, 15) is 4.79 Å². The number of anilines is 1. The lowest BCUT2D eigenvalue weighted by molar-refractivity contribution is -0.117. The zero-order chi connectivity index (χ0) is 15.4. The summed E-state index contributed by atoms with van der Waals surface area (Å²) in [5.41, 5.74) is 3.20. The Morgan fingerprint density at radius 3 is 2.77 bits per heavy atom. The average Bonchev–Trinajstić information content (AvgIpc) is 2.97. The van der Waals surface area contributed by atoms with E-state index in [2.05, 4.69) is 51.7 Å². The van der Waals surface area contributed by atoms with Crippen LogP contribution in [0.4, 0.5) is 5.13 Å². The molecule has 0 spiro atoms. The van der Waals surface area contributed by atoms with Gasteiger partial charge in [-0.3, -0.25) is 9.69 Å². The van der Waals surface area contributed by atoms with Crippen LogP contribution in [0.5, 0.6) is 0 Å². The van der Waals surface area contributed by atoms with Gasteiger partial charge in [0.15, 0.2) is 5.13 Å². The van der Waals surface area contributed by atoms with Crippen LogP contribution in [-0.4, -0.2) is 48.5 Å². The van der Waals surface area contributed by atoms with Crippen LogP contribution >= 0.6 is 11.3 Å². The minimum Gasteiger partial charge on any atom is -0.314 e. The number of hydrogen-bond acceptors (Lipinski definition) is 5. The topological polar surface area (TPSA) is 57.3 Å². The van der Waals surface area contributed by atoms with E-state index in [1.165, 1.54) is 16.9 Å². The van der Waals surface area contributed by atoms with Gasteiger partial charge in [-0.2, -0.15) is 0 Å². The van der Waals surface area contributed by atoms with Gasteiger partial charge in [0, 0.05) is 37.1 Å². The molecule has 2 N–H and O–H groups in total. The Hall–Kier alpha value is -1.76. The molecule has 2 heterocycles. The molecule has 1 aliphatic rings. The van der Waals surface area contributed by atoms with E-state index in [0.29, 0.717) is 11.7 Å². The van der Waals surface area contributed by atoms with Gasteiger partial charge in [0.1, 0.15) is 0 Å². The van der Waals surface area contributed by atoms with Gasteiger partial charge in [0.2, 0.25) is 5.91 Å². The van der Waals surface area contributed by atoms with Gasteiger partial charge >= 0.3 is 0 Å². The molecule has 0 aliphatic carbocycles.